The Balaban J connectivity index is 2.68. The van der Waals surface area contributed by atoms with E-state index in [1.807, 2.05) is 0 Å². The number of halogens is 1. The van der Waals surface area contributed by atoms with Crippen molar-refractivity contribution in [2.45, 2.75) is 19.3 Å². The van der Waals surface area contributed by atoms with Gasteiger partial charge < -0.3 is 25.1 Å². The molecular weight excluding hydrogens is 318 g/mol. The van der Waals surface area contributed by atoms with Gasteiger partial charge in [-0.1, -0.05) is 15.9 Å². The molecule has 7 heteroatoms. The Hall–Kier alpha value is -1.89. The number of carbonyl (C=O) groups is 3. The zero-order chi connectivity index (χ0) is 14.4. The number of aromatic carboxylic acids is 1. The largest absolute Gasteiger partial charge is 0.550 e. The molecule has 0 radical (unpaired) electrons. The van der Waals surface area contributed by atoms with Crippen LogP contribution in [0.3, 0.4) is 0 Å². The lowest BCUT2D eigenvalue weighted by Gasteiger charge is -2.12. The molecule has 1 aromatic carbocycles. The second-order valence-electron chi connectivity index (χ2n) is 3.75. The summed E-state index contributed by atoms with van der Waals surface area (Å²) in [6, 6.07) is 4.31. The summed E-state index contributed by atoms with van der Waals surface area (Å²) >= 11 is 3.11. The van der Waals surface area contributed by atoms with Crippen LogP contribution < -0.4 is 15.5 Å². The Morgan fingerprint density at radius 2 is 1.84 bits per heavy atom. The summed E-state index contributed by atoms with van der Waals surface area (Å²) in [5.41, 5.74) is -0.0377. The molecule has 0 aromatic heterocycles. The van der Waals surface area contributed by atoms with E-state index < -0.39 is 17.8 Å². The number of carboxylic acid groups (broad SMARTS) is 2. The zero-order valence-electron chi connectivity index (χ0n) is 9.77. The van der Waals surface area contributed by atoms with Gasteiger partial charge in [-0.3, -0.25) is 4.79 Å². The van der Waals surface area contributed by atoms with Gasteiger partial charge in [-0.05, 0) is 31.0 Å². The molecule has 0 fully saturated rings. The van der Waals surface area contributed by atoms with Gasteiger partial charge in [0.2, 0.25) is 5.91 Å². The number of carboxylic acids is 2. The van der Waals surface area contributed by atoms with Crippen LogP contribution in [0, 0.1) is 0 Å². The highest BCUT2D eigenvalue weighted by Gasteiger charge is 2.08. The van der Waals surface area contributed by atoms with Crippen molar-refractivity contribution in [3.63, 3.8) is 0 Å². The van der Waals surface area contributed by atoms with Crippen LogP contribution in [0.1, 0.15) is 29.6 Å². The summed E-state index contributed by atoms with van der Waals surface area (Å²) in [5, 5.41) is 23.5. The number of aliphatic carboxylic acids is 1. The van der Waals surface area contributed by atoms with Gasteiger partial charge >= 0.3 is 0 Å². The van der Waals surface area contributed by atoms with E-state index in [4.69, 9.17) is 0 Å². The summed E-state index contributed by atoms with van der Waals surface area (Å²) < 4.78 is 0.543. The Kier molecular flexibility index (Phi) is 5.50. The molecule has 0 aliphatic rings. The molecule has 0 heterocycles. The van der Waals surface area contributed by atoms with Crippen LogP contribution in [0.15, 0.2) is 22.7 Å². The summed E-state index contributed by atoms with van der Waals surface area (Å²) in [6.45, 7) is 0. The van der Waals surface area contributed by atoms with Crippen molar-refractivity contribution >= 4 is 39.5 Å². The molecule has 0 bridgehead atoms. The maximum atomic E-state index is 11.5. The maximum Gasteiger partial charge on any atom is 0.224 e. The quantitative estimate of drug-likeness (QED) is 0.769. The third kappa shape index (κ3) is 5.09. The van der Waals surface area contributed by atoms with Crippen molar-refractivity contribution in [2.75, 3.05) is 5.32 Å². The van der Waals surface area contributed by atoms with Crippen LogP contribution in [0.2, 0.25) is 0 Å². The minimum Gasteiger partial charge on any atom is -0.550 e. The lowest BCUT2D eigenvalue weighted by molar-refractivity contribution is -0.305. The molecule has 19 heavy (non-hydrogen) atoms. The Labute approximate surface area is 117 Å². The van der Waals surface area contributed by atoms with Crippen LogP contribution >= 0.6 is 15.9 Å². The van der Waals surface area contributed by atoms with E-state index in [1.165, 1.54) is 12.1 Å². The molecule has 0 unspecified atom stereocenters. The van der Waals surface area contributed by atoms with Gasteiger partial charge in [0, 0.05) is 28.1 Å². The van der Waals surface area contributed by atoms with E-state index in [2.05, 4.69) is 21.2 Å². The zero-order valence-corrected chi connectivity index (χ0v) is 11.4. The summed E-state index contributed by atoms with van der Waals surface area (Å²) in [7, 11) is 0. The molecule has 0 saturated heterocycles. The number of carbonyl (C=O) groups excluding carboxylic acids is 3. The third-order valence-corrected chi connectivity index (χ3v) is 2.75. The van der Waals surface area contributed by atoms with Crippen molar-refractivity contribution in [2.24, 2.45) is 0 Å². The van der Waals surface area contributed by atoms with E-state index in [0.717, 1.165) is 0 Å². The van der Waals surface area contributed by atoms with Gasteiger partial charge in [-0.15, -0.1) is 0 Å². The van der Waals surface area contributed by atoms with E-state index in [9.17, 15) is 24.6 Å². The number of nitrogens with one attached hydrogen (secondary N) is 1. The Bertz CT molecular complexity index is 515. The highest BCUT2D eigenvalue weighted by atomic mass is 79.9. The lowest BCUT2D eigenvalue weighted by Crippen LogP contribution is -2.25. The Morgan fingerprint density at radius 3 is 2.42 bits per heavy atom. The second kappa shape index (κ2) is 6.89. The predicted molar refractivity (Wildman–Crippen MR) is 66.0 cm³/mol. The van der Waals surface area contributed by atoms with Gasteiger partial charge in [-0.25, -0.2) is 0 Å². The first-order chi connectivity index (χ1) is 8.90. The van der Waals surface area contributed by atoms with Gasteiger partial charge in [0.1, 0.15) is 0 Å². The maximum absolute atomic E-state index is 11.5. The third-order valence-electron chi connectivity index (χ3n) is 2.26. The van der Waals surface area contributed by atoms with Crippen molar-refractivity contribution in [3.05, 3.63) is 28.2 Å². The van der Waals surface area contributed by atoms with Crippen LogP contribution in [0.5, 0.6) is 0 Å². The fourth-order valence-electron chi connectivity index (χ4n) is 1.40. The normalized spacial score (nSPS) is 9.95. The molecule has 1 N–H and O–H groups in total. The standard InChI is InChI=1S/C12H12BrNO5/c13-7-4-5-9(8(6-7)12(18)19)14-10(15)2-1-3-11(16)17/h4-6H,1-3H2,(H,14,15)(H,16,17)(H,18,19)/p-2. The number of anilines is 1. The molecule has 1 rings (SSSR count). The minimum atomic E-state index is -1.41. The van der Waals surface area contributed by atoms with Crippen LogP contribution in [0.25, 0.3) is 0 Å². The number of hydrogen-bond acceptors (Lipinski definition) is 5. The second-order valence-corrected chi connectivity index (χ2v) is 4.67. The predicted octanol–water partition coefficient (Wildman–Crippen LogP) is -0.329. The number of benzene rings is 1. The number of hydrogen-bond donors (Lipinski definition) is 1. The van der Waals surface area contributed by atoms with Gasteiger partial charge in [0.05, 0.1) is 5.97 Å². The molecule has 1 amide bonds. The topological polar surface area (TPSA) is 109 Å². The van der Waals surface area contributed by atoms with Gasteiger partial charge in [0.25, 0.3) is 0 Å². The highest BCUT2D eigenvalue weighted by molar-refractivity contribution is 9.10. The molecular formula is C12H10BrNO5-2. The molecule has 0 spiro atoms. The fraction of sp³-hybridized carbons (Fsp3) is 0.250. The molecule has 0 atom stereocenters. The molecule has 0 saturated carbocycles. The highest BCUT2D eigenvalue weighted by Crippen LogP contribution is 2.20. The number of amides is 1. The van der Waals surface area contributed by atoms with E-state index in [0.29, 0.717) is 4.47 Å². The lowest BCUT2D eigenvalue weighted by atomic mass is 10.1. The van der Waals surface area contributed by atoms with E-state index in [1.54, 1.807) is 6.07 Å². The molecule has 102 valence electrons. The average molecular weight is 328 g/mol. The van der Waals surface area contributed by atoms with Crippen molar-refractivity contribution in [3.8, 4) is 0 Å². The monoisotopic (exact) mass is 327 g/mol. The van der Waals surface area contributed by atoms with Crippen LogP contribution in [-0.4, -0.2) is 17.8 Å². The van der Waals surface area contributed by atoms with Crippen molar-refractivity contribution in [1.82, 2.24) is 0 Å². The first-order valence-corrected chi connectivity index (χ1v) is 6.20. The summed E-state index contributed by atoms with van der Waals surface area (Å²) in [6.07, 6.45) is -0.122. The average Bonchev–Trinajstić information content (AvgIpc) is 2.30. The smallest absolute Gasteiger partial charge is 0.224 e. The van der Waals surface area contributed by atoms with Gasteiger partial charge in [0.15, 0.2) is 0 Å². The Morgan fingerprint density at radius 1 is 1.16 bits per heavy atom. The SMILES string of the molecule is O=C([O-])CCCC(=O)Nc1ccc(Br)cc1C(=O)[O-]. The van der Waals surface area contributed by atoms with Crippen LogP contribution in [-0.2, 0) is 9.59 Å². The fourth-order valence-corrected chi connectivity index (χ4v) is 1.76. The molecule has 6 nitrogen and oxygen atoms in total. The minimum absolute atomic E-state index is 0.0312. The summed E-state index contributed by atoms with van der Waals surface area (Å²) in [4.78, 5) is 32.6. The van der Waals surface area contributed by atoms with Gasteiger partial charge in [-0.2, -0.15) is 0 Å². The van der Waals surface area contributed by atoms with Crippen molar-refractivity contribution < 1.29 is 24.6 Å². The van der Waals surface area contributed by atoms with Crippen molar-refractivity contribution in [1.29, 1.82) is 0 Å². The van der Waals surface area contributed by atoms with E-state index in [-0.39, 0.29) is 30.5 Å². The van der Waals surface area contributed by atoms with Crippen LogP contribution in [0.4, 0.5) is 5.69 Å². The first-order valence-electron chi connectivity index (χ1n) is 5.40. The molecule has 0 aliphatic heterocycles. The van der Waals surface area contributed by atoms with E-state index >= 15 is 0 Å². The summed E-state index contributed by atoms with van der Waals surface area (Å²) in [5.74, 6) is -3.11. The molecule has 1 aromatic rings. The molecule has 0 aliphatic carbocycles. The first kappa shape index (κ1) is 15.2. The number of rotatable bonds is 6.